The van der Waals surface area contributed by atoms with Gasteiger partial charge in [-0.3, -0.25) is 10.1 Å². The minimum Gasteiger partial charge on any atom is -0.486 e. The molecule has 0 bridgehead atoms. The summed E-state index contributed by atoms with van der Waals surface area (Å²) in [5.41, 5.74) is 0.855. The molecule has 26 heavy (non-hydrogen) atoms. The summed E-state index contributed by atoms with van der Waals surface area (Å²) in [7, 11) is -3.93. The zero-order valence-electron chi connectivity index (χ0n) is 14.3. The SMILES string of the molecule is Cc1ccc(S(=O)(=O)N[C@@H](C)c2ccc3c(c2)OCCO3)cc1[N+](=O)[O-]. The van der Waals surface area contributed by atoms with Crippen LogP contribution in [0.3, 0.4) is 0 Å². The predicted octanol–water partition coefficient (Wildman–Crippen LogP) is 2.71. The highest BCUT2D eigenvalue weighted by atomic mass is 32.2. The van der Waals surface area contributed by atoms with Crippen LogP contribution in [0.15, 0.2) is 41.3 Å². The third kappa shape index (κ3) is 3.63. The number of hydrogen-bond acceptors (Lipinski definition) is 6. The van der Waals surface area contributed by atoms with Crippen LogP contribution in [-0.2, 0) is 10.0 Å². The van der Waals surface area contributed by atoms with Gasteiger partial charge in [0.2, 0.25) is 10.0 Å². The fourth-order valence-corrected chi connectivity index (χ4v) is 3.90. The maximum Gasteiger partial charge on any atom is 0.273 e. The zero-order valence-corrected chi connectivity index (χ0v) is 15.1. The van der Waals surface area contributed by atoms with Crippen molar-refractivity contribution in [1.82, 2.24) is 4.72 Å². The van der Waals surface area contributed by atoms with Crippen LogP contribution < -0.4 is 14.2 Å². The van der Waals surface area contributed by atoms with Crippen LogP contribution in [0.1, 0.15) is 24.1 Å². The van der Waals surface area contributed by atoms with Crippen molar-refractivity contribution in [2.24, 2.45) is 0 Å². The Hall–Kier alpha value is -2.65. The third-order valence-electron chi connectivity index (χ3n) is 4.09. The number of hydrogen-bond donors (Lipinski definition) is 1. The first-order valence-corrected chi connectivity index (χ1v) is 9.43. The lowest BCUT2D eigenvalue weighted by Gasteiger charge is -2.21. The van der Waals surface area contributed by atoms with Gasteiger partial charge in [0, 0.05) is 17.7 Å². The molecule has 9 heteroatoms. The van der Waals surface area contributed by atoms with E-state index < -0.39 is 21.0 Å². The van der Waals surface area contributed by atoms with Crippen molar-refractivity contribution < 1.29 is 22.8 Å². The van der Waals surface area contributed by atoms with Crippen LogP contribution in [-0.4, -0.2) is 26.6 Å². The molecular formula is C17H18N2O6S. The number of fused-ring (bicyclic) bond motifs is 1. The number of sulfonamides is 1. The number of nitro benzene ring substituents is 1. The Balaban J connectivity index is 1.85. The summed E-state index contributed by atoms with van der Waals surface area (Å²) in [5.74, 6) is 1.18. The molecule has 1 aliphatic rings. The van der Waals surface area contributed by atoms with Gasteiger partial charge in [0.15, 0.2) is 11.5 Å². The lowest BCUT2D eigenvalue weighted by molar-refractivity contribution is -0.385. The Labute approximate surface area is 150 Å². The second-order valence-electron chi connectivity index (χ2n) is 5.95. The van der Waals surface area contributed by atoms with E-state index in [9.17, 15) is 18.5 Å². The van der Waals surface area contributed by atoms with E-state index in [0.29, 0.717) is 35.8 Å². The van der Waals surface area contributed by atoms with Crippen molar-refractivity contribution in [3.8, 4) is 11.5 Å². The van der Waals surface area contributed by atoms with E-state index >= 15 is 0 Å². The number of aryl methyl sites for hydroxylation is 1. The first-order chi connectivity index (χ1) is 12.3. The number of rotatable bonds is 5. The second-order valence-corrected chi connectivity index (χ2v) is 7.67. The largest absolute Gasteiger partial charge is 0.486 e. The molecule has 1 N–H and O–H groups in total. The van der Waals surface area contributed by atoms with Crippen molar-refractivity contribution in [3.63, 3.8) is 0 Å². The zero-order chi connectivity index (χ0) is 18.9. The summed E-state index contributed by atoms with van der Waals surface area (Å²) in [6, 6.07) is 8.47. The first-order valence-electron chi connectivity index (χ1n) is 7.95. The summed E-state index contributed by atoms with van der Waals surface area (Å²) in [5, 5.41) is 11.0. The highest BCUT2D eigenvalue weighted by Gasteiger charge is 2.23. The topological polar surface area (TPSA) is 108 Å². The summed E-state index contributed by atoms with van der Waals surface area (Å²) in [4.78, 5) is 10.3. The Bertz CT molecular complexity index is 958. The van der Waals surface area contributed by atoms with Crippen molar-refractivity contribution in [2.45, 2.75) is 24.8 Å². The van der Waals surface area contributed by atoms with Gasteiger partial charge in [0.1, 0.15) is 13.2 Å². The molecule has 0 aromatic heterocycles. The van der Waals surface area contributed by atoms with E-state index in [0.717, 1.165) is 6.07 Å². The lowest BCUT2D eigenvalue weighted by Crippen LogP contribution is -2.27. The minimum absolute atomic E-state index is 0.154. The maximum absolute atomic E-state index is 12.6. The molecule has 0 radical (unpaired) electrons. The number of ether oxygens (including phenoxy) is 2. The normalized spacial score (nSPS) is 14.7. The van der Waals surface area contributed by atoms with Crippen LogP contribution in [0.25, 0.3) is 0 Å². The second kappa shape index (κ2) is 6.93. The predicted molar refractivity (Wildman–Crippen MR) is 94.0 cm³/mol. The van der Waals surface area contributed by atoms with Gasteiger partial charge in [-0.1, -0.05) is 12.1 Å². The molecule has 0 fully saturated rings. The van der Waals surface area contributed by atoms with Gasteiger partial charge in [-0.2, -0.15) is 0 Å². The number of nitrogens with one attached hydrogen (secondary N) is 1. The molecule has 0 saturated carbocycles. The van der Waals surface area contributed by atoms with Gasteiger partial charge in [0.05, 0.1) is 9.82 Å². The number of nitrogens with zero attached hydrogens (tertiary/aromatic N) is 1. The Morgan fingerprint density at radius 2 is 1.81 bits per heavy atom. The molecular weight excluding hydrogens is 360 g/mol. The summed E-state index contributed by atoms with van der Waals surface area (Å²) >= 11 is 0. The van der Waals surface area contributed by atoms with Crippen LogP contribution in [0, 0.1) is 17.0 Å². The molecule has 0 saturated heterocycles. The van der Waals surface area contributed by atoms with Gasteiger partial charge in [0.25, 0.3) is 5.69 Å². The van der Waals surface area contributed by atoms with Crippen LogP contribution >= 0.6 is 0 Å². The van der Waals surface area contributed by atoms with E-state index in [4.69, 9.17) is 9.47 Å². The highest BCUT2D eigenvalue weighted by Crippen LogP contribution is 2.33. The number of nitro groups is 1. The van der Waals surface area contributed by atoms with E-state index in [2.05, 4.69) is 4.72 Å². The third-order valence-corrected chi connectivity index (χ3v) is 5.62. The molecule has 0 unspecified atom stereocenters. The molecule has 1 atom stereocenters. The maximum atomic E-state index is 12.6. The summed E-state index contributed by atoms with van der Waals surface area (Å²) < 4.78 is 38.7. The molecule has 0 amide bonds. The molecule has 0 spiro atoms. The van der Waals surface area contributed by atoms with Gasteiger partial charge >= 0.3 is 0 Å². The Morgan fingerprint density at radius 1 is 1.12 bits per heavy atom. The van der Waals surface area contributed by atoms with E-state index in [-0.39, 0.29) is 10.6 Å². The molecule has 3 rings (SSSR count). The quantitative estimate of drug-likeness (QED) is 0.633. The van der Waals surface area contributed by atoms with Crippen molar-refractivity contribution >= 4 is 15.7 Å². The monoisotopic (exact) mass is 378 g/mol. The summed E-state index contributed by atoms with van der Waals surface area (Å²) in [6.07, 6.45) is 0. The van der Waals surface area contributed by atoms with Gasteiger partial charge in [-0.05, 0) is 37.6 Å². The fraction of sp³-hybridized carbons (Fsp3) is 0.294. The number of benzene rings is 2. The lowest BCUT2D eigenvalue weighted by atomic mass is 10.1. The molecule has 8 nitrogen and oxygen atoms in total. The smallest absolute Gasteiger partial charge is 0.273 e. The van der Waals surface area contributed by atoms with Crippen molar-refractivity contribution in [3.05, 3.63) is 57.6 Å². The minimum atomic E-state index is -3.93. The van der Waals surface area contributed by atoms with Gasteiger partial charge in [-0.15, -0.1) is 0 Å². The molecule has 138 valence electrons. The Morgan fingerprint density at radius 3 is 2.50 bits per heavy atom. The standard InChI is InChI=1S/C17H18N2O6S/c1-11-3-5-14(10-15(11)19(20)21)26(22,23)18-12(2)13-4-6-16-17(9-13)25-8-7-24-16/h3-6,9-10,12,18H,7-8H2,1-2H3/t12-/m0/s1. The van der Waals surface area contributed by atoms with E-state index in [1.807, 2.05) is 0 Å². The molecule has 1 aliphatic heterocycles. The van der Waals surface area contributed by atoms with E-state index in [1.165, 1.54) is 12.1 Å². The van der Waals surface area contributed by atoms with E-state index in [1.54, 1.807) is 32.0 Å². The fourth-order valence-electron chi connectivity index (χ4n) is 2.65. The average Bonchev–Trinajstić information content (AvgIpc) is 2.60. The first kappa shape index (κ1) is 18.2. The van der Waals surface area contributed by atoms with Gasteiger partial charge in [-0.25, -0.2) is 13.1 Å². The molecule has 2 aromatic rings. The average molecular weight is 378 g/mol. The van der Waals surface area contributed by atoms with Crippen LogP contribution in [0.5, 0.6) is 11.5 Å². The van der Waals surface area contributed by atoms with Crippen molar-refractivity contribution in [2.75, 3.05) is 13.2 Å². The molecule has 1 heterocycles. The highest BCUT2D eigenvalue weighted by molar-refractivity contribution is 7.89. The summed E-state index contributed by atoms with van der Waals surface area (Å²) in [6.45, 7) is 4.15. The van der Waals surface area contributed by atoms with Crippen LogP contribution in [0.4, 0.5) is 5.69 Å². The van der Waals surface area contributed by atoms with Crippen LogP contribution in [0.2, 0.25) is 0 Å². The molecule has 0 aliphatic carbocycles. The van der Waals surface area contributed by atoms with Crippen molar-refractivity contribution in [1.29, 1.82) is 0 Å². The van der Waals surface area contributed by atoms with Gasteiger partial charge < -0.3 is 9.47 Å². The Kier molecular flexibility index (Phi) is 4.84. The molecule has 2 aromatic carbocycles.